The molecule has 1 aromatic rings. The van der Waals surface area contributed by atoms with Gasteiger partial charge in [0.25, 0.3) is 0 Å². The van der Waals surface area contributed by atoms with Gasteiger partial charge in [0.1, 0.15) is 5.56 Å². The van der Waals surface area contributed by atoms with Crippen LogP contribution in [0.25, 0.3) is 0 Å². The highest BCUT2D eigenvalue weighted by Crippen LogP contribution is 2.33. The van der Waals surface area contributed by atoms with Gasteiger partial charge in [-0.2, -0.15) is 0 Å². The van der Waals surface area contributed by atoms with Crippen LogP contribution < -0.4 is 9.47 Å². The van der Waals surface area contributed by atoms with E-state index in [1.807, 2.05) is 6.92 Å². The second-order valence-electron chi connectivity index (χ2n) is 2.91. The Bertz CT molecular complexity index is 390. The quantitative estimate of drug-likeness (QED) is 0.626. The number of hydrogen-bond acceptors (Lipinski definition) is 4. The van der Waals surface area contributed by atoms with Crippen LogP contribution in [0, 0.1) is 3.57 Å². The van der Waals surface area contributed by atoms with Crippen LogP contribution in [0.5, 0.6) is 11.5 Å². The molecule has 0 radical (unpaired) electrons. The van der Waals surface area contributed by atoms with Crippen molar-refractivity contribution in [1.29, 1.82) is 0 Å². The molecule has 0 aliphatic heterocycles. The van der Waals surface area contributed by atoms with E-state index < -0.39 is 5.97 Å². The molecule has 5 heteroatoms. The normalized spacial score (nSPS) is 9.75. The first kappa shape index (κ1) is 13.1. The molecular weight excluding hydrogens is 323 g/mol. The van der Waals surface area contributed by atoms with E-state index in [2.05, 4.69) is 22.6 Å². The van der Waals surface area contributed by atoms with Gasteiger partial charge < -0.3 is 14.2 Å². The highest BCUT2D eigenvalue weighted by Gasteiger charge is 2.18. The molecule has 0 saturated heterocycles. The van der Waals surface area contributed by atoms with Gasteiger partial charge in [-0.3, -0.25) is 0 Å². The Kier molecular flexibility index (Phi) is 4.85. The summed E-state index contributed by atoms with van der Waals surface area (Å²) < 4.78 is 16.2. The fourth-order valence-corrected chi connectivity index (χ4v) is 1.87. The molecular formula is C11H13IO4. The summed E-state index contributed by atoms with van der Waals surface area (Å²) in [5, 5.41) is 0. The SMILES string of the molecule is CCOc1c(OC)cc(I)cc1C(=O)OC. The number of halogens is 1. The van der Waals surface area contributed by atoms with Gasteiger partial charge >= 0.3 is 5.97 Å². The monoisotopic (exact) mass is 336 g/mol. The van der Waals surface area contributed by atoms with Gasteiger partial charge in [-0.1, -0.05) is 0 Å². The highest BCUT2D eigenvalue weighted by atomic mass is 127. The Labute approximate surface area is 108 Å². The van der Waals surface area contributed by atoms with Crippen molar-refractivity contribution in [2.24, 2.45) is 0 Å². The summed E-state index contributed by atoms with van der Waals surface area (Å²) in [5.74, 6) is 0.534. The van der Waals surface area contributed by atoms with E-state index in [0.29, 0.717) is 23.7 Å². The molecule has 16 heavy (non-hydrogen) atoms. The van der Waals surface area contributed by atoms with Gasteiger partial charge in [0.05, 0.1) is 20.8 Å². The average Bonchev–Trinajstić information content (AvgIpc) is 2.29. The molecule has 4 nitrogen and oxygen atoms in total. The molecule has 0 bridgehead atoms. The van der Waals surface area contributed by atoms with Crippen LogP contribution in [0.3, 0.4) is 0 Å². The number of methoxy groups -OCH3 is 2. The van der Waals surface area contributed by atoms with E-state index in [1.165, 1.54) is 14.2 Å². The molecule has 0 amide bonds. The van der Waals surface area contributed by atoms with Crippen molar-refractivity contribution in [1.82, 2.24) is 0 Å². The molecule has 0 saturated carbocycles. The number of carbonyl (C=O) groups excluding carboxylic acids is 1. The first-order valence-electron chi connectivity index (χ1n) is 4.72. The number of esters is 1. The molecule has 0 spiro atoms. The van der Waals surface area contributed by atoms with Gasteiger partial charge in [0, 0.05) is 3.57 Å². The van der Waals surface area contributed by atoms with E-state index in [0.717, 1.165) is 3.57 Å². The van der Waals surface area contributed by atoms with Crippen molar-refractivity contribution in [2.75, 3.05) is 20.8 Å². The van der Waals surface area contributed by atoms with Crippen molar-refractivity contribution in [3.05, 3.63) is 21.3 Å². The largest absolute Gasteiger partial charge is 0.493 e. The Balaban J connectivity index is 3.31. The maximum Gasteiger partial charge on any atom is 0.341 e. The first-order chi connectivity index (χ1) is 7.63. The van der Waals surface area contributed by atoms with Gasteiger partial charge in [0.15, 0.2) is 11.5 Å². The lowest BCUT2D eigenvalue weighted by molar-refractivity contribution is 0.0595. The number of rotatable bonds is 4. The minimum absolute atomic E-state index is 0.383. The van der Waals surface area contributed by atoms with Crippen molar-refractivity contribution in [3.63, 3.8) is 0 Å². The molecule has 0 N–H and O–H groups in total. The molecule has 0 atom stereocenters. The summed E-state index contributed by atoms with van der Waals surface area (Å²) in [6, 6.07) is 3.51. The van der Waals surface area contributed by atoms with Crippen LogP contribution >= 0.6 is 22.6 Å². The molecule has 0 heterocycles. The molecule has 0 fully saturated rings. The molecule has 0 aliphatic carbocycles. The second kappa shape index (κ2) is 5.93. The molecule has 0 unspecified atom stereocenters. The van der Waals surface area contributed by atoms with Crippen LogP contribution in [0.4, 0.5) is 0 Å². The van der Waals surface area contributed by atoms with Crippen LogP contribution in [-0.4, -0.2) is 26.8 Å². The predicted molar refractivity (Wildman–Crippen MR) is 68.2 cm³/mol. The fourth-order valence-electron chi connectivity index (χ4n) is 1.28. The summed E-state index contributed by atoms with van der Waals surface area (Å²) in [7, 11) is 2.87. The van der Waals surface area contributed by atoms with Gasteiger partial charge in [-0.05, 0) is 41.6 Å². The molecule has 1 aromatic carbocycles. The van der Waals surface area contributed by atoms with Crippen molar-refractivity contribution in [3.8, 4) is 11.5 Å². The zero-order valence-corrected chi connectivity index (χ0v) is 11.5. The summed E-state index contributed by atoms with van der Waals surface area (Å²) in [6.07, 6.45) is 0. The number of benzene rings is 1. The maximum absolute atomic E-state index is 11.6. The zero-order valence-electron chi connectivity index (χ0n) is 9.37. The zero-order chi connectivity index (χ0) is 12.1. The molecule has 1 rings (SSSR count). The molecule has 88 valence electrons. The minimum atomic E-state index is -0.430. The molecule has 0 aromatic heterocycles. The minimum Gasteiger partial charge on any atom is -0.493 e. The second-order valence-corrected chi connectivity index (χ2v) is 4.15. The van der Waals surface area contributed by atoms with E-state index in [9.17, 15) is 4.79 Å². The topological polar surface area (TPSA) is 44.8 Å². The lowest BCUT2D eigenvalue weighted by atomic mass is 10.2. The highest BCUT2D eigenvalue weighted by molar-refractivity contribution is 14.1. The van der Waals surface area contributed by atoms with Crippen LogP contribution in [0.2, 0.25) is 0 Å². The van der Waals surface area contributed by atoms with Crippen LogP contribution in [0.15, 0.2) is 12.1 Å². The van der Waals surface area contributed by atoms with Crippen molar-refractivity contribution in [2.45, 2.75) is 6.92 Å². The van der Waals surface area contributed by atoms with E-state index >= 15 is 0 Å². The smallest absolute Gasteiger partial charge is 0.341 e. The van der Waals surface area contributed by atoms with Crippen LogP contribution in [-0.2, 0) is 4.74 Å². The Morgan fingerprint density at radius 2 is 2.06 bits per heavy atom. The van der Waals surface area contributed by atoms with E-state index in [-0.39, 0.29) is 0 Å². The standard InChI is InChI=1S/C11H13IO4/c1-4-16-10-8(11(13)15-3)5-7(12)6-9(10)14-2/h5-6H,4H2,1-3H3. The summed E-state index contributed by atoms with van der Waals surface area (Å²) >= 11 is 2.11. The van der Waals surface area contributed by atoms with Crippen LogP contribution in [0.1, 0.15) is 17.3 Å². The van der Waals surface area contributed by atoms with Crippen molar-refractivity contribution >= 4 is 28.6 Å². The van der Waals surface area contributed by atoms with E-state index in [1.54, 1.807) is 12.1 Å². The summed E-state index contributed by atoms with van der Waals surface area (Å²) in [4.78, 5) is 11.6. The lowest BCUT2D eigenvalue weighted by Gasteiger charge is -2.13. The third kappa shape index (κ3) is 2.78. The fraction of sp³-hybridized carbons (Fsp3) is 0.364. The third-order valence-corrected chi connectivity index (χ3v) is 2.56. The number of carbonyl (C=O) groups is 1. The summed E-state index contributed by atoms with van der Waals surface area (Å²) in [5.41, 5.74) is 0.383. The lowest BCUT2D eigenvalue weighted by Crippen LogP contribution is -2.07. The maximum atomic E-state index is 11.6. The Morgan fingerprint density at radius 3 is 2.56 bits per heavy atom. The third-order valence-electron chi connectivity index (χ3n) is 1.93. The average molecular weight is 336 g/mol. The van der Waals surface area contributed by atoms with Gasteiger partial charge in [0.2, 0.25) is 0 Å². The van der Waals surface area contributed by atoms with Gasteiger partial charge in [-0.25, -0.2) is 4.79 Å². The Hall–Kier alpha value is -0.980. The van der Waals surface area contributed by atoms with Crippen molar-refractivity contribution < 1.29 is 19.0 Å². The molecule has 0 aliphatic rings. The number of ether oxygens (including phenoxy) is 3. The predicted octanol–water partition coefficient (Wildman–Crippen LogP) is 2.49. The summed E-state index contributed by atoms with van der Waals surface area (Å²) in [6.45, 7) is 2.30. The first-order valence-corrected chi connectivity index (χ1v) is 5.80. The van der Waals surface area contributed by atoms with E-state index in [4.69, 9.17) is 14.2 Å². The number of hydrogen-bond donors (Lipinski definition) is 0. The van der Waals surface area contributed by atoms with Gasteiger partial charge in [-0.15, -0.1) is 0 Å². The Morgan fingerprint density at radius 1 is 1.38 bits per heavy atom.